The molecule has 0 amide bonds. The molecule has 0 unspecified atom stereocenters. The van der Waals surface area contributed by atoms with Gasteiger partial charge in [-0.15, -0.1) is 0 Å². The van der Waals surface area contributed by atoms with Gasteiger partial charge >= 0.3 is 18.9 Å². The highest BCUT2D eigenvalue weighted by molar-refractivity contribution is 6.59. The molecule has 2 rings (SSSR count). The fourth-order valence-electron chi connectivity index (χ4n) is 2.17. The van der Waals surface area contributed by atoms with Gasteiger partial charge in [0.25, 0.3) is 0 Å². The maximum absolute atomic E-state index is 6.03. The third kappa shape index (κ3) is 3.81. The minimum Gasteiger partial charge on any atom is -0.423 e. The van der Waals surface area contributed by atoms with Gasteiger partial charge in [0.1, 0.15) is 0 Å². The molecular weight excluding hydrogens is 284 g/mol. The van der Waals surface area contributed by atoms with Gasteiger partial charge < -0.3 is 12.3 Å². The summed E-state index contributed by atoms with van der Waals surface area (Å²) in [6, 6.07) is 0. The molecule has 0 aliphatic carbocycles. The standard InChI is InChI=1S/C8H16N2O3Si4/c14-11-16(9-5-1-2-6-9)13-17(12-15)10-7-3-4-8-10/h1-8H2. The van der Waals surface area contributed by atoms with Gasteiger partial charge in [-0.05, 0) is 51.9 Å². The van der Waals surface area contributed by atoms with Gasteiger partial charge in [0.15, 0.2) is 0 Å². The first kappa shape index (κ1) is 14.1. The Morgan fingerprint density at radius 2 is 1.06 bits per heavy atom. The normalized spacial score (nSPS) is 23.3. The molecule has 2 fully saturated rings. The number of hydrogen-bond donors (Lipinski definition) is 0. The van der Waals surface area contributed by atoms with E-state index in [0.717, 1.165) is 26.2 Å². The SMILES string of the molecule is [Si]O[Si](O[Si](O[Si])N1CCCC1)N1CCCC1. The van der Waals surface area contributed by atoms with Crippen LogP contribution in [0.4, 0.5) is 0 Å². The second-order valence-electron chi connectivity index (χ2n) is 4.23. The fraction of sp³-hybridized carbons (Fsp3) is 1.00. The lowest BCUT2D eigenvalue weighted by atomic mass is 10.4. The molecule has 0 aromatic rings. The van der Waals surface area contributed by atoms with E-state index in [4.69, 9.17) is 12.3 Å². The highest BCUT2D eigenvalue weighted by atomic mass is 28.4. The van der Waals surface area contributed by atoms with Crippen molar-refractivity contribution < 1.29 is 12.3 Å². The van der Waals surface area contributed by atoms with Crippen LogP contribution in [0.15, 0.2) is 0 Å². The molecular formula is C8H16N2O3Si4. The van der Waals surface area contributed by atoms with Gasteiger partial charge in [0, 0.05) is 0 Å². The summed E-state index contributed by atoms with van der Waals surface area (Å²) in [7, 11) is 3.47. The van der Waals surface area contributed by atoms with Crippen molar-refractivity contribution >= 4 is 39.9 Å². The van der Waals surface area contributed by atoms with Gasteiger partial charge in [-0.2, -0.15) is 0 Å². The zero-order valence-electron chi connectivity index (χ0n) is 9.78. The average Bonchev–Trinajstić information content (AvgIpc) is 3.03. The molecule has 9 heteroatoms. The van der Waals surface area contributed by atoms with Gasteiger partial charge in [-0.25, -0.2) is 0 Å². The minimum absolute atomic E-state index is 1.07. The molecule has 0 N–H and O–H groups in total. The van der Waals surface area contributed by atoms with E-state index in [2.05, 4.69) is 30.1 Å². The molecule has 17 heavy (non-hydrogen) atoms. The van der Waals surface area contributed by atoms with Crippen LogP contribution < -0.4 is 0 Å². The third-order valence-corrected chi connectivity index (χ3v) is 7.80. The van der Waals surface area contributed by atoms with E-state index >= 15 is 0 Å². The summed E-state index contributed by atoms with van der Waals surface area (Å²) >= 11 is 0. The molecule has 5 nitrogen and oxygen atoms in total. The number of hydrogen-bond acceptors (Lipinski definition) is 5. The smallest absolute Gasteiger partial charge is 0.423 e. The van der Waals surface area contributed by atoms with E-state index < -0.39 is 18.9 Å². The van der Waals surface area contributed by atoms with Crippen molar-refractivity contribution in [1.29, 1.82) is 0 Å². The fourth-order valence-corrected chi connectivity index (χ4v) is 7.28. The molecule has 8 radical (unpaired) electrons. The number of rotatable bonds is 6. The van der Waals surface area contributed by atoms with Crippen LogP contribution in [0, 0.1) is 0 Å². The van der Waals surface area contributed by atoms with Gasteiger partial charge in [-0.3, -0.25) is 9.13 Å². The lowest BCUT2D eigenvalue weighted by molar-refractivity contribution is 0.262. The summed E-state index contributed by atoms with van der Waals surface area (Å²) in [5.74, 6) is 0. The van der Waals surface area contributed by atoms with Crippen LogP contribution in [0.25, 0.3) is 0 Å². The first-order valence-electron chi connectivity index (χ1n) is 5.94. The predicted molar refractivity (Wildman–Crippen MR) is 67.9 cm³/mol. The highest BCUT2D eigenvalue weighted by Crippen LogP contribution is 2.15. The maximum Gasteiger partial charge on any atom is 0.471 e. The monoisotopic (exact) mass is 300 g/mol. The first-order valence-corrected chi connectivity index (χ1v) is 9.28. The second-order valence-corrected chi connectivity index (χ2v) is 9.00. The quantitative estimate of drug-likeness (QED) is 0.610. The van der Waals surface area contributed by atoms with Crippen LogP contribution in [0.2, 0.25) is 0 Å². The zero-order chi connectivity index (χ0) is 12.1. The van der Waals surface area contributed by atoms with Crippen molar-refractivity contribution in [2.45, 2.75) is 25.7 Å². The average molecular weight is 301 g/mol. The summed E-state index contributed by atoms with van der Waals surface area (Å²) in [4.78, 5) is 0. The van der Waals surface area contributed by atoms with E-state index in [1.807, 2.05) is 0 Å². The second kappa shape index (κ2) is 7.30. The summed E-state index contributed by atoms with van der Waals surface area (Å²) in [6.07, 6.45) is 4.92. The Balaban J connectivity index is 1.86. The predicted octanol–water partition coefficient (Wildman–Crippen LogP) is -0.635. The van der Waals surface area contributed by atoms with Crippen molar-refractivity contribution in [3.05, 3.63) is 0 Å². The van der Waals surface area contributed by atoms with Crippen molar-refractivity contribution in [3.8, 4) is 0 Å². The van der Waals surface area contributed by atoms with Crippen LogP contribution in [0.1, 0.15) is 25.7 Å². The largest absolute Gasteiger partial charge is 0.471 e. The molecule has 2 heterocycles. The van der Waals surface area contributed by atoms with Crippen LogP contribution >= 0.6 is 0 Å². The van der Waals surface area contributed by atoms with Gasteiger partial charge in [-0.1, -0.05) is 0 Å². The summed E-state index contributed by atoms with van der Waals surface area (Å²) < 4.78 is 21.3. The Labute approximate surface area is 113 Å². The van der Waals surface area contributed by atoms with Crippen molar-refractivity contribution in [3.63, 3.8) is 0 Å². The zero-order valence-corrected chi connectivity index (χ0v) is 13.8. The Kier molecular flexibility index (Phi) is 6.05. The summed E-state index contributed by atoms with van der Waals surface area (Å²) in [5, 5.41) is 0. The van der Waals surface area contributed by atoms with Gasteiger partial charge in [0.2, 0.25) is 21.0 Å². The highest BCUT2D eigenvalue weighted by Gasteiger charge is 2.36. The molecule has 92 valence electrons. The lowest BCUT2D eigenvalue weighted by Gasteiger charge is -2.28. The van der Waals surface area contributed by atoms with E-state index in [0.29, 0.717) is 0 Å². The topological polar surface area (TPSA) is 34.2 Å². The van der Waals surface area contributed by atoms with E-state index in [1.54, 1.807) is 0 Å². The number of nitrogens with zero attached hydrogens (tertiary/aromatic N) is 2. The van der Waals surface area contributed by atoms with Crippen molar-refractivity contribution in [2.24, 2.45) is 0 Å². The van der Waals surface area contributed by atoms with Crippen LogP contribution in [0.5, 0.6) is 0 Å². The molecule has 2 aliphatic heterocycles. The molecule has 2 aliphatic rings. The maximum atomic E-state index is 6.03. The van der Waals surface area contributed by atoms with Crippen molar-refractivity contribution in [2.75, 3.05) is 26.2 Å². The molecule has 0 saturated carbocycles. The van der Waals surface area contributed by atoms with E-state index in [-0.39, 0.29) is 0 Å². The summed E-state index contributed by atoms with van der Waals surface area (Å²) in [5.41, 5.74) is 0. The molecule has 0 aromatic carbocycles. The Bertz CT molecular complexity index is 205. The van der Waals surface area contributed by atoms with Crippen molar-refractivity contribution in [1.82, 2.24) is 9.13 Å². The summed E-state index contributed by atoms with van der Waals surface area (Å²) in [6.45, 7) is 4.26. The van der Waals surface area contributed by atoms with Crippen LogP contribution in [0.3, 0.4) is 0 Å². The molecule has 0 bridgehead atoms. The molecule has 2 saturated heterocycles. The van der Waals surface area contributed by atoms with E-state index in [1.165, 1.54) is 25.7 Å². The molecule has 0 aromatic heterocycles. The van der Waals surface area contributed by atoms with E-state index in [9.17, 15) is 0 Å². The Hall–Kier alpha value is 0.668. The third-order valence-electron chi connectivity index (χ3n) is 3.08. The first-order chi connectivity index (χ1) is 8.35. The lowest BCUT2D eigenvalue weighted by Crippen LogP contribution is -2.52. The molecule has 0 spiro atoms. The van der Waals surface area contributed by atoms with Crippen LogP contribution in [-0.4, -0.2) is 75.2 Å². The van der Waals surface area contributed by atoms with Gasteiger partial charge in [0.05, 0.1) is 0 Å². The minimum atomic E-state index is -1.41. The Morgan fingerprint density at radius 1 is 0.706 bits per heavy atom. The molecule has 0 atom stereocenters. The Morgan fingerprint density at radius 3 is 1.35 bits per heavy atom. The van der Waals surface area contributed by atoms with Crippen LogP contribution in [-0.2, 0) is 12.3 Å².